The number of amides is 1. The lowest BCUT2D eigenvalue weighted by atomic mass is 9.52. The van der Waals surface area contributed by atoms with Gasteiger partial charge in [0, 0.05) is 37.0 Å². The third-order valence-electron chi connectivity index (χ3n) is 8.94. The molecule has 0 bridgehead atoms. The van der Waals surface area contributed by atoms with Gasteiger partial charge in [-0.25, -0.2) is 0 Å². The number of nitrogens with zero attached hydrogens (tertiary/aromatic N) is 3. The van der Waals surface area contributed by atoms with Crippen LogP contribution in [-0.4, -0.2) is 93.4 Å². The van der Waals surface area contributed by atoms with E-state index in [1.54, 1.807) is 38.6 Å². The quantitative estimate of drug-likeness (QED) is 0.313. The number of phenolic OH excluding ortho intramolecular Hbond substituents is 1. The van der Waals surface area contributed by atoms with Crippen LogP contribution in [0, 0.1) is 23.7 Å². The molecule has 2 aromatic rings. The van der Waals surface area contributed by atoms with E-state index >= 15 is 0 Å². The van der Waals surface area contributed by atoms with Crippen molar-refractivity contribution in [2.24, 2.45) is 29.4 Å². The van der Waals surface area contributed by atoms with E-state index in [9.17, 15) is 34.2 Å². The number of carbonyl (C=O) groups is 5. The molecule has 2 fully saturated rings. The Morgan fingerprint density at radius 2 is 1.88 bits per heavy atom. The summed E-state index contributed by atoms with van der Waals surface area (Å²) in [6.07, 6.45) is 5.37. The van der Waals surface area contributed by atoms with Crippen molar-refractivity contribution in [1.82, 2.24) is 14.8 Å². The van der Waals surface area contributed by atoms with Crippen LogP contribution in [0.4, 0.5) is 0 Å². The molecule has 4 N–H and O–H groups in total. The first-order valence-corrected chi connectivity index (χ1v) is 13.8. The first-order valence-electron chi connectivity index (χ1n) is 13.8. The van der Waals surface area contributed by atoms with Crippen LogP contribution in [0.3, 0.4) is 0 Å². The van der Waals surface area contributed by atoms with Crippen LogP contribution < -0.4 is 5.73 Å². The Labute approximate surface area is 243 Å². The fourth-order valence-corrected chi connectivity index (χ4v) is 7.19. The Morgan fingerprint density at radius 3 is 2.52 bits per heavy atom. The number of hydrogen-bond donors (Lipinski definition) is 3. The molecule has 1 heterocycles. The Bertz CT molecular complexity index is 1540. The number of nitrogens with two attached hydrogens (primary N) is 1. The summed E-state index contributed by atoms with van der Waals surface area (Å²) in [4.78, 5) is 74.7. The Hall–Kier alpha value is -4.06. The second-order valence-electron chi connectivity index (χ2n) is 11.8. The largest absolute Gasteiger partial charge is 0.507 e. The molecule has 3 aliphatic carbocycles. The number of phenols is 1. The number of aromatic nitrogens is 1. The van der Waals surface area contributed by atoms with Crippen molar-refractivity contribution in [3.05, 3.63) is 59.9 Å². The van der Waals surface area contributed by atoms with E-state index < -0.39 is 64.4 Å². The van der Waals surface area contributed by atoms with Gasteiger partial charge in [0.15, 0.2) is 34.7 Å². The zero-order chi connectivity index (χ0) is 30.7. The van der Waals surface area contributed by atoms with Crippen LogP contribution in [-0.2, 0) is 32.1 Å². The van der Waals surface area contributed by atoms with Gasteiger partial charge in [-0.05, 0) is 68.7 Å². The van der Waals surface area contributed by atoms with Gasteiger partial charge in [-0.1, -0.05) is 12.1 Å². The van der Waals surface area contributed by atoms with Gasteiger partial charge in [0.25, 0.3) is 0 Å². The Balaban J connectivity index is 1.60. The van der Waals surface area contributed by atoms with Crippen LogP contribution in [0.15, 0.2) is 43.2 Å². The lowest BCUT2D eigenvalue weighted by Crippen LogP contribution is -2.74. The van der Waals surface area contributed by atoms with Crippen LogP contribution in [0.2, 0.25) is 0 Å². The molecule has 2 unspecified atom stereocenters. The molecule has 42 heavy (non-hydrogen) atoms. The van der Waals surface area contributed by atoms with E-state index in [0.29, 0.717) is 24.2 Å². The summed E-state index contributed by atoms with van der Waals surface area (Å²) >= 11 is 0. The summed E-state index contributed by atoms with van der Waals surface area (Å²) in [5.74, 6) is -10.7. The molecule has 1 aromatic carbocycles. The average Bonchev–Trinajstić information content (AvgIpc) is 2.90. The number of ketones is 4. The zero-order valence-corrected chi connectivity index (χ0v) is 23.7. The second-order valence-corrected chi connectivity index (χ2v) is 11.8. The summed E-state index contributed by atoms with van der Waals surface area (Å²) in [5, 5.41) is 22.5. The highest BCUT2D eigenvalue weighted by atomic mass is 16.3. The highest BCUT2D eigenvalue weighted by Crippen LogP contribution is 2.51. The molecule has 220 valence electrons. The van der Waals surface area contributed by atoms with Gasteiger partial charge in [-0.15, -0.1) is 6.58 Å². The molecule has 6 atom stereocenters. The van der Waals surface area contributed by atoms with Crippen LogP contribution in [0.25, 0.3) is 11.1 Å². The Morgan fingerprint density at radius 1 is 1.17 bits per heavy atom. The summed E-state index contributed by atoms with van der Waals surface area (Å²) in [7, 11) is 5.05. The normalized spacial score (nSPS) is 28.9. The third kappa shape index (κ3) is 4.39. The van der Waals surface area contributed by atoms with Crippen LogP contribution in [0.5, 0.6) is 5.75 Å². The number of rotatable bonds is 7. The number of aromatic hydroxyl groups is 1. The fraction of sp³-hybridized carbons (Fsp3) is 0.419. The number of hydrogen-bond acceptors (Lipinski definition) is 10. The molecule has 1 amide bonds. The maximum atomic E-state index is 14.0. The number of benzene rings is 1. The summed E-state index contributed by atoms with van der Waals surface area (Å²) in [6, 6.07) is 3.88. The van der Waals surface area contributed by atoms with E-state index in [0.717, 1.165) is 11.1 Å². The van der Waals surface area contributed by atoms with Gasteiger partial charge in [-0.3, -0.25) is 38.8 Å². The summed E-state index contributed by atoms with van der Waals surface area (Å²) < 4.78 is 0. The topological polar surface area (TPSA) is 171 Å². The van der Waals surface area contributed by atoms with Crippen molar-refractivity contribution in [1.29, 1.82) is 0 Å². The maximum absolute atomic E-state index is 14.0. The average molecular weight is 575 g/mol. The molecular weight excluding hydrogens is 540 g/mol. The number of likely N-dealkylation sites (N-methyl/N-ethyl adjacent to an activating group) is 2. The molecule has 2 saturated carbocycles. The van der Waals surface area contributed by atoms with Gasteiger partial charge in [0.2, 0.25) is 5.91 Å². The lowest BCUT2D eigenvalue weighted by molar-refractivity contribution is -0.181. The fourth-order valence-electron chi connectivity index (χ4n) is 7.19. The molecule has 3 aliphatic rings. The third-order valence-corrected chi connectivity index (χ3v) is 8.94. The monoisotopic (exact) mass is 574 g/mol. The standard InChI is InChI=1S/C31H34N4O7/c1-5-8-35(4)14-15-9-17(13-33-12-15)18-6-7-21(36)23-19(18)10-16-11-20-25(34(2)3)27(38)24(30(32)41)29(40)31(20,42)28(39)22(16)26(23)37/h5-7,9,12-13,16,20,22,24-25,36,42H,1,8,10-11,14H2,2-4H3,(H2,32,41)/t16-,20-,22?,24?,25-,31-/m0/s1. The summed E-state index contributed by atoms with van der Waals surface area (Å²) in [5.41, 5.74) is 5.41. The first kappa shape index (κ1) is 29.4. The number of Topliss-reactive ketones (excluding diaryl/α,β-unsaturated/α-hetero) is 4. The minimum absolute atomic E-state index is 0.0103. The molecule has 11 heteroatoms. The van der Waals surface area contributed by atoms with E-state index in [2.05, 4.69) is 16.5 Å². The van der Waals surface area contributed by atoms with Gasteiger partial charge in [-0.2, -0.15) is 0 Å². The van der Waals surface area contributed by atoms with Gasteiger partial charge in [0.05, 0.1) is 17.5 Å². The van der Waals surface area contributed by atoms with E-state index in [1.807, 2.05) is 13.1 Å². The minimum atomic E-state index is -2.75. The second kappa shape index (κ2) is 10.6. The van der Waals surface area contributed by atoms with Crippen LogP contribution in [0.1, 0.15) is 27.9 Å². The molecule has 11 nitrogen and oxygen atoms in total. The zero-order valence-electron chi connectivity index (χ0n) is 23.7. The highest BCUT2D eigenvalue weighted by Gasteiger charge is 2.69. The Kier molecular flexibility index (Phi) is 7.46. The predicted molar refractivity (Wildman–Crippen MR) is 151 cm³/mol. The number of fused-ring (bicyclic) bond motifs is 3. The minimum Gasteiger partial charge on any atom is -0.507 e. The molecular formula is C31H34N4O7. The molecule has 0 aliphatic heterocycles. The van der Waals surface area contributed by atoms with Crippen molar-refractivity contribution in [3.63, 3.8) is 0 Å². The highest BCUT2D eigenvalue weighted by molar-refractivity contribution is 6.32. The molecule has 0 saturated heterocycles. The molecule has 0 radical (unpaired) electrons. The molecule has 1 aromatic heterocycles. The smallest absolute Gasteiger partial charge is 0.235 e. The number of aliphatic hydroxyl groups is 1. The van der Waals surface area contributed by atoms with Crippen molar-refractivity contribution in [3.8, 4) is 16.9 Å². The van der Waals surface area contributed by atoms with Crippen molar-refractivity contribution in [2.75, 3.05) is 27.7 Å². The summed E-state index contributed by atoms with van der Waals surface area (Å²) in [6.45, 7) is 5.04. The van der Waals surface area contributed by atoms with Gasteiger partial charge in [0.1, 0.15) is 5.75 Å². The lowest BCUT2D eigenvalue weighted by Gasteiger charge is -2.52. The van der Waals surface area contributed by atoms with E-state index in [-0.39, 0.29) is 24.2 Å². The van der Waals surface area contributed by atoms with Crippen molar-refractivity contribution >= 4 is 29.0 Å². The van der Waals surface area contributed by atoms with Crippen LogP contribution >= 0.6 is 0 Å². The first-order chi connectivity index (χ1) is 19.8. The van der Waals surface area contributed by atoms with E-state index in [4.69, 9.17) is 5.73 Å². The van der Waals surface area contributed by atoms with Gasteiger partial charge >= 0.3 is 0 Å². The van der Waals surface area contributed by atoms with Crippen molar-refractivity contribution < 1.29 is 34.2 Å². The molecule has 5 rings (SSSR count). The SMILES string of the molecule is C=CCN(C)Cc1cncc(-c2ccc(O)c3c2C[C@H]2C[C@H]4[C@H](N(C)C)C(=O)C(C(N)=O)C(=O)[C@@]4(O)C(=O)C2C3=O)c1. The van der Waals surface area contributed by atoms with E-state index in [1.165, 1.54) is 11.0 Å². The van der Waals surface area contributed by atoms with Crippen molar-refractivity contribution in [2.45, 2.75) is 31.0 Å². The predicted octanol–water partition coefficient (Wildman–Crippen LogP) is 0.547. The van der Waals surface area contributed by atoms with Gasteiger partial charge < -0.3 is 15.9 Å². The number of carbonyl (C=O) groups excluding carboxylic acids is 5. The number of pyridine rings is 1. The maximum Gasteiger partial charge on any atom is 0.235 e. The molecule has 0 spiro atoms. The number of primary amides is 1.